The van der Waals surface area contributed by atoms with Crippen molar-refractivity contribution in [1.82, 2.24) is 20.2 Å². The van der Waals surface area contributed by atoms with Gasteiger partial charge in [0, 0.05) is 0 Å². The molecule has 140 valence electrons. The molecule has 0 aliphatic rings. The lowest BCUT2D eigenvalue weighted by atomic mass is 10.1. The summed E-state index contributed by atoms with van der Waals surface area (Å²) in [5.74, 6) is -1.22. The van der Waals surface area contributed by atoms with E-state index in [4.69, 9.17) is 9.84 Å². The van der Waals surface area contributed by atoms with Crippen molar-refractivity contribution in [2.24, 2.45) is 0 Å². The number of benzene rings is 2. The van der Waals surface area contributed by atoms with Crippen molar-refractivity contribution in [2.75, 3.05) is 11.8 Å². The van der Waals surface area contributed by atoms with Crippen LogP contribution < -0.4 is 9.46 Å². The predicted molar refractivity (Wildman–Crippen MR) is 94.7 cm³/mol. The second-order valence-corrected chi connectivity index (χ2v) is 7.13. The third-order valence-corrected chi connectivity index (χ3v) is 5.23. The van der Waals surface area contributed by atoms with Gasteiger partial charge >= 0.3 is 5.97 Å². The third kappa shape index (κ3) is 3.58. The van der Waals surface area contributed by atoms with Crippen molar-refractivity contribution in [3.63, 3.8) is 0 Å². The molecule has 2 aromatic carbocycles. The lowest BCUT2D eigenvalue weighted by Gasteiger charge is -2.15. The Morgan fingerprint density at radius 1 is 1.26 bits per heavy atom. The van der Waals surface area contributed by atoms with Crippen LogP contribution in [0.15, 0.2) is 47.6 Å². The minimum atomic E-state index is -4.12. The molecule has 0 spiro atoms. The van der Waals surface area contributed by atoms with Gasteiger partial charge in [-0.2, -0.15) is 0 Å². The van der Waals surface area contributed by atoms with Crippen LogP contribution in [0.4, 0.5) is 5.69 Å². The molecule has 0 radical (unpaired) electrons. The fourth-order valence-corrected chi connectivity index (χ4v) is 3.79. The number of hydrogen-bond acceptors (Lipinski definition) is 7. The molecule has 0 atom stereocenters. The molecule has 3 aromatic rings. The highest BCUT2D eigenvalue weighted by molar-refractivity contribution is 7.92. The molecule has 0 amide bonds. The number of nitrogens with zero attached hydrogens (tertiary/aromatic N) is 4. The van der Waals surface area contributed by atoms with E-state index in [-0.39, 0.29) is 16.2 Å². The Hall–Kier alpha value is -3.47. The van der Waals surface area contributed by atoms with E-state index in [1.54, 1.807) is 25.1 Å². The van der Waals surface area contributed by atoms with Crippen molar-refractivity contribution in [3.05, 3.63) is 53.9 Å². The molecule has 2 N–H and O–H groups in total. The predicted octanol–water partition coefficient (Wildman–Crippen LogP) is 1.48. The largest absolute Gasteiger partial charge is 0.495 e. The highest BCUT2D eigenvalue weighted by Crippen LogP contribution is 2.29. The minimum Gasteiger partial charge on any atom is -0.495 e. The molecule has 3 rings (SSSR count). The van der Waals surface area contributed by atoms with Crippen LogP contribution in [0.2, 0.25) is 0 Å². The molecule has 0 saturated carbocycles. The van der Waals surface area contributed by atoms with Gasteiger partial charge in [0.15, 0.2) is 0 Å². The Morgan fingerprint density at radius 3 is 2.67 bits per heavy atom. The maximum Gasteiger partial charge on any atom is 0.335 e. The highest BCUT2D eigenvalue weighted by Gasteiger charge is 2.23. The Morgan fingerprint density at radius 2 is 2.04 bits per heavy atom. The van der Waals surface area contributed by atoms with E-state index in [9.17, 15) is 13.2 Å². The van der Waals surface area contributed by atoms with Gasteiger partial charge in [0.1, 0.15) is 17.0 Å². The summed E-state index contributed by atoms with van der Waals surface area (Å²) in [4.78, 5) is 10.9. The zero-order valence-corrected chi connectivity index (χ0v) is 15.1. The van der Waals surface area contributed by atoms with Gasteiger partial charge in [0.25, 0.3) is 10.0 Å². The van der Waals surface area contributed by atoms with Gasteiger partial charge < -0.3 is 9.84 Å². The summed E-state index contributed by atoms with van der Waals surface area (Å²) >= 11 is 0. The molecule has 10 nitrogen and oxygen atoms in total. The number of ether oxygens (including phenoxy) is 1. The molecule has 27 heavy (non-hydrogen) atoms. The van der Waals surface area contributed by atoms with Gasteiger partial charge in [0.05, 0.1) is 24.0 Å². The number of hydrogen-bond donors (Lipinski definition) is 2. The Labute approximate surface area is 154 Å². The molecule has 0 saturated heterocycles. The van der Waals surface area contributed by atoms with Crippen molar-refractivity contribution in [3.8, 4) is 11.4 Å². The van der Waals surface area contributed by atoms with Gasteiger partial charge in [-0.1, -0.05) is 6.07 Å². The number of aromatic nitrogens is 4. The Kier molecular flexibility index (Phi) is 4.77. The molecular formula is C16H15N5O5S. The van der Waals surface area contributed by atoms with Crippen LogP contribution in [0.3, 0.4) is 0 Å². The summed E-state index contributed by atoms with van der Waals surface area (Å²) < 4.78 is 34.7. The van der Waals surface area contributed by atoms with Crippen molar-refractivity contribution in [2.45, 2.75) is 11.8 Å². The molecule has 0 aliphatic carbocycles. The van der Waals surface area contributed by atoms with Crippen LogP contribution in [-0.2, 0) is 10.0 Å². The molecule has 1 heterocycles. The van der Waals surface area contributed by atoms with E-state index in [0.717, 1.165) is 6.07 Å². The number of sulfonamides is 1. The number of anilines is 1. The van der Waals surface area contributed by atoms with Gasteiger partial charge in [-0.3, -0.25) is 4.72 Å². The zero-order valence-electron chi connectivity index (χ0n) is 14.3. The second-order valence-electron chi connectivity index (χ2n) is 5.48. The number of tetrazole rings is 1. The number of aromatic carboxylic acids is 1. The fraction of sp³-hybridized carbons (Fsp3) is 0.125. The topological polar surface area (TPSA) is 136 Å². The van der Waals surface area contributed by atoms with Crippen LogP contribution in [0.25, 0.3) is 5.69 Å². The smallest absolute Gasteiger partial charge is 0.335 e. The molecular weight excluding hydrogens is 374 g/mol. The number of nitrogens with one attached hydrogen (secondary N) is 1. The maximum absolute atomic E-state index is 12.9. The van der Waals surface area contributed by atoms with Crippen molar-refractivity contribution < 1.29 is 23.1 Å². The van der Waals surface area contributed by atoms with Gasteiger partial charge in [-0.25, -0.2) is 17.9 Å². The Bertz CT molecular complexity index is 1100. The van der Waals surface area contributed by atoms with Crippen LogP contribution >= 0.6 is 0 Å². The van der Waals surface area contributed by atoms with E-state index in [1.165, 1.54) is 30.3 Å². The summed E-state index contributed by atoms with van der Waals surface area (Å²) in [6, 6.07) is 8.56. The van der Waals surface area contributed by atoms with Gasteiger partial charge in [-0.05, 0) is 53.2 Å². The molecule has 1 aromatic heterocycles. The maximum atomic E-state index is 12.9. The quantitative estimate of drug-likeness (QED) is 0.647. The van der Waals surface area contributed by atoms with Crippen molar-refractivity contribution in [1.29, 1.82) is 0 Å². The first kappa shape index (κ1) is 18.3. The Balaban J connectivity index is 2.05. The summed E-state index contributed by atoms with van der Waals surface area (Å²) in [6.45, 7) is 1.71. The second kappa shape index (κ2) is 7.03. The molecule has 0 bridgehead atoms. The average Bonchev–Trinajstić information content (AvgIpc) is 3.17. The first-order valence-electron chi connectivity index (χ1n) is 7.60. The average molecular weight is 389 g/mol. The number of carboxylic acids is 1. The number of carbonyl (C=O) groups is 1. The molecule has 0 fully saturated rings. The van der Waals surface area contributed by atoms with E-state index in [2.05, 4.69) is 20.2 Å². The lowest BCUT2D eigenvalue weighted by Crippen LogP contribution is -2.16. The van der Waals surface area contributed by atoms with Gasteiger partial charge in [0.2, 0.25) is 0 Å². The van der Waals surface area contributed by atoms with E-state index < -0.39 is 16.0 Å². The molecule has 0 aliphatic heterocycles. The number of rotatable bonds is 6. The first-order chi connectivity index (χ1) is 12.8. The summed E-state index contributed by atoms with van der Waals surface area (Å²) in [5.41, 5.74) is 1.30. The summed E-state index contributed by atoms with van der Waals surface area (Å²) in [5, 5.41) is 20.1. The van der Waals surface area contributed by atoms with Gasteiger partial charge in [-0.15, -0.1) is 5.10 Å². The van der Waals surface area contributed by atoms with Crippen LogP contribution in [0, 0.1) is 6.92 Å². The first-order valence-corrected chi connectivity index (χ1v) is 9.09. The van der Waals surface area contributed by atoms with Crippen LogP contribution in [0.1, 0.15) is 15.9 Å². The van der Waals surface area contributed by atoms with E-state index in [0.29, 0.717) is 16.9 Å². The summed E-state index contributed by atoms with van der Waals surface area (Å²) in [7, 11) is -2.82. The standard InChI is InChI=1S/C16H15N5O5S/c1-10-12(4-3-5-13(10)21-9-17-19-20-21)18-27(24,25)15-8-11(16(22)23)6-7-14(15)26-2/h3-9,18H,1-2H3,(H,22,23). The van der Waals surface area contributed by atoms with Crippen LogP contribution in [0.5, 0.6) is 5.75 Å². The SMILES string of the molecule is COc1ccc(C(=O)O)cc1S(=O)(=O)Nc1cccc(-n2cnnn2)c1C. The van der Waals surface area contributed by atoms with Crippen molar-refractivity contribution >= 4 is 21.7 Å². The monoisotopic (exact) mass is 389 g/mol. The number of carboxylic acid groups (broad SMARTS) is 1. The summed E-state index contributed by atoms with van der Waals surface area (Å²) in [6.07, 6.45) is 1.39. The highest BCUT2D eigenvalue weighted by atomic mass is 32.2. The molecule has 11 heteroatoms. The lowest BCUT2D eigenvalue weighted by molar-refractivity contribution is 0.0696. The minimum absolute atomic E-state index is 0.0294. The fourth-order valence-electron chi connectivity index (χ4n) is 2.47. The normalized spacial score (nSPS) is 11.2. The molecule has 0 unspecified atom stereocenters. The zero-order chi connectivity index (χ0) is 19.6. The van der Waals surface area contributed by atoms with Crippen LogP contribution in [-0.4, -0.2) is 46.8 Å². The number of methoxy groups -OCH3 is 1. The van der Waals surface area contributed by atoms with E-state index in [1.807, 2.05) is 0 Å². The third-order valence-electron chi connectivity index (χ3n) is 3.85. The van der Waals surface area contributed by atoms with E-state index >= 15 is 0 Å².